The molecule has 0 N–H and O–H groups in total. The minimum Gasteiger partial charge on any atom is -0.469 e. The van der Waals surface area contributed by atoms with Crippen molar-refractivity contribution in [2.75, 3.05) is 7.11 Å². The van der Waals surface area contributed by atoms with E-state index in [1.54, 1.807) is 0 Å². The Kier molecular flexibility index (Phi) is 10.2. The molecule has 0 bridgehead atoms. The predicted molar refractivity (Wildman–Crippen MR) is 181 cm³/mol. The fourth-order valence-corrected chi connectivity index (χ4v) is 14.1. The first kappa shape index (κ1) is 34.9. The van der Waals surface area contributed by atoms with Crippen LogP contribution in [0.3, 0.4) is 0 Å². The van der Waals surface area contributed by atoms with Crippen LogP contribution in [0.5, 0.6) is 0 Å². The van der Waals surface area contributed by atoms with Crippen molar-refractivity contribution in [2.45, 2.75) is 156 Å². The number of hydrogen-bond acceptors (Lipinski definition) is 5. The van der Waals surface area contributed by atoms with E-state index in [1.165, 1.54) is 52.1 Å². The second kappa shape index (κ2) is 12.3. The summed E-state index contributed by atoms with van der Waals surface area (Å²) in [6, 6.07) is 0. The predicted octanol–water partition coefficient (Wildman–Crippen LogP) is 9.11. The highest BCUT2D eigenvalue weighted by Crippen LogP contribution is 2.69. The molecule has 0 saturated heterocycles. The van der Waals surface area contributed by atoms with Gasteiger partial charge in [0.1, 0.15) is 0 Å². The van der Waals surface area contributed by atoms with E-state index in [-0.39, 0.29) is 17.5 Å². The van der Waals surface area contributed by atoms with E-state index >= 15 is 0 Å². The summed E-state index contributed by atoms with van der Waals surface area (Å²) in [5.74, 6) is 3.45. The van der Waals surface area contributed by atoms with Crippen LogP contribution in [0, 0.1) is 46.3 Å². The number of methoxy groups -OCH3 is 1. The average molecular weight is 639 g/mol. The Morgan fingerprint density at radius 1 is 0.810 bits per heavy atom. The lowest BCUT2D eigenvalue weighted by atomic mass is 9.43. The van der Waals surface area contributed by atoms with Crippen molar-refractivity contribution in [3.8, 4) is 0 Å². The van der Waals surface area contributed by atoms with Crippen LogP contribution in [0.2, 0.25) is 58.9 Å². The van der Waals surface area contributed by atoms with Gasteiger partial charge in [0.15, 0.2) is 25.0 Å². The Morgan fingerprint density at radius 2 is 1.43 bits per heavy atom. The zero-order valence-electron chi connectivity index (χ0n) is 29.6. The Labute approximate surface area is 262 Å². The summed E-state index contributed by atoms with van der Waals surface area (Å²) in [7, 11) is -3.61. The van der Waals surface area contributed by atoms with E-state index in [4.69, 9.17) is 18.0 Å². The molecule has 4 fully saturated rings. The van der Waals surface area contributed by atoms with Crippen LogP contribution in [0.1, 0.15) is 78.6 Å². The van der Waals surface area contributed by atoms with E-state index in [9.17, 15) is 4.79 Å². The van der Waals surface area contributed by atoms with Crippen molar-refractivity contribution in [3.05, 3.63) is 0 Å². The van der Waals surface area contributed by atoms with Gasteiger partial charge in [0.25, 0.3) is 0 Å². The van der Waals surface area contributed by atoms with Gasteiger partial charge in [0.05, 0.1) is 13.2 Å². The van der Waals surface area contributed by atoms with Crippen LogP contribution >= 0.6 is 0 Å². The molecule has 4 saturated carbocycles. The van der Waals surface area contributed by atoms with E-state index in [0.29, 0.717) is 59.6 Å². The lowest BCUT2D eigenvalue weighted by Gasteiger charge is -2.66. The third-order valence-corrected chi connectivity index (χ3v) is 15.0. The summed E-state index contributed by atoms with van der Waals surface area (Å²) in [6.07, 6.45) is 11.0. The lowest BCUT2D eigenvalue weighted by Crippen LogP contribution is -2.64. The zero-order chi connectivity index (χ0) is 31.5. The first-order valence-electron chi connectivity index (χ1n) is 17.3. The topological polar surface area (TPSA) is 54.0 Å². The second-order valence-electron chi connectivity index (χ2n) is 18.2. The van der Waals surface area contributed by atoms with Crippen LogP contribution in [-0.2, 0) is 22.8 Å². The molecule has 0 spiro atoms. The van der Waals surface area contributed by atoms with Gasteiger partial charge in [-0.15, -0.1) is 0 Å². The van der Waals surface area contributed by atoms with Crippen LogP contribution in [0.15, 0.2) is 0 Å². The summed E-state index contributed by atoms with van der Waals surface area (Å²) >= 11 is 0. The highest BCUT2D eigenvalue weighted by molar-refractivity contribution is 6.70. The number of rotatable bonds is 10. The molecule has 8 heteroatoms. The molecule has 0 aliphatic heterocycles. The summed E-state index contributed by atoms with van der Waals surface area (Å²) in [5.41, 5.74) is 0.430. The van der Waals surface area contributed by atoms with E-state index in [1.807, 2.05) is 0 Å². The summed E-state index contributed by atoms with van der Waals surface area (Å²) in [5, 5.41) is 0. The third kappa shape index (κ3) is 7.35. The Hall–Kier alpha value is 0.000649. The van der Waals surface area contributed by atoms with E-state index < -0.39 is 25.0 Å². The number of esters is 1. The number of carbonyl (C=O) groups is 1. The zero-order valence-corrected chi connectivity index (χ0v) is 32.6. The monoisotopic (exact) mass is 638 g/mol. The second-order valence-corrected chi connectivity index (χ2v) is 31.6. The molecule has 0 aromatic heterocycles. The van der Waals surface area contributed by atoms with Crippen molar-refractivity contribution >= 4 is 30.9 Å². The molecule has 4 aliphatic carbocycles. The Balaban J connectivity index is 1.72. The van der Waals surface area contributed by atoms with Crippen molar-refractivity contribution in [3.63, 3.8) is 0 Å². The maximum absolute atomic E-state index is 12.1. The van der Waals surface area contributed by atoms with E-state index in [2.05, 4.69) is 79.7 Å². The van der Waals surface area contributed by atoms with Crippen molar-refractivity contribution in [2.24, 2.45) is 46.3 Å². The Bertz CT molecular complexity index is 954. The van der Waals surface area contributed by atoms with Crippen LogP contribution in [0.25, 0.3) is 0 Å². The van der Waals surface area contributed by atoms with Gasteiger partial charge in [-0.3, -0.25) is 4.79 Å². The largest absolute Gasteiger partial charge is 0.469 e. The van der Waals surface area contributed by atoms with Gasteiger partial charge in [-0.25, -0.2) is 0 Å². The standard InChI is InChI=1S/C34H66O5Si3/c1-23(14-17-31(35)36-4)26-15-16-27-32-28(22-30(34(26,27)3)39-42(11,12)13)33(2)19-18-25(37-40(5,6)7)20-24(33)21-29(32)38-41(8,9)10/h23-30,32H,14-22H2,1-13H3/t23?,24-,25+,26?,27?,28?,29+,30+,32?,33?,34?/m0/s1. The molecule has 0 aromatic carbocycles. The highest BCUT2D eigenvalue weighted by atomic mass is 28.4. The fraction of sp³-hybridized carbons (Fsp3) is 0.971. The van der Waals surface area contributed by atoms with Crippen molar-refractivity contribution in [1.82, 2.24) is 0 Å². The van der Waals surface area contributed by atoms with Crippen molar-refractivity contribution < 1.29 is 22.8 Å². The molecule has 0 radical (unpaired) electrons. The summed E-state index contributed by atoms with van der Waals surface area (Å²) in [4.78, 5) is 12.1. The quantitative estimate of drug-likeness (QED) is 0.176. The average Bonchev–Trinajstić information content (AvgIpc) is 3.19. The molecule has 4 rings (SSSR count). The molecule has 0 aromatic rings. The fourth-order valence-electron chi connectivity index (χ4n) is 10.5. The SMILES string of the molecule is COC(=O)CCC(C)C1CCC2C3C(C[C@@H](O[Si](C)(C)C)C12C)C1(C)CC[C@@H](O[Si](C)(C)C)C[C@H]1C[C@H]3O[Si](C)(C)C. The molecule has 244 valence electrons. The van der Waals surface area contributed by atoms with Gasteiger partial charge < -0.3 is 18.0 Å². The first-order chi connectivity index (χ1) is 19.2. The van der Waals surface area contributed by atoms with Gasteiger partial charge in [0.2, 0.25) is 0 Å². The molecule has 5 nitrogen and oxygen atoms in total. The lowest BCUT2D eigenvalue weighted by molar-refractivity contribution is -0.199. The highest BCUT2D eigenvalue weighted by Gasteiger charge is 2.67. The van der Waals surface area contributed by atoms with Crippen molar-refractivity contribution in [1.29, 1.82) is 0 Å². The Morgan fingerprint density at radius 3 is 2.00 bits per heavy atom. The molecule has 7 unspecified atom stereocenters. The maximum atomic E-state index is 12.1. The molecule has 11 atom stereocenters. The van der Waals surface area contributed by atoms with Gasteiger partial charge in [0, 0.05) is 18.6 Å². The number of hydrogen-bond donors (Lipinski definition) is 0. The van der Waals surface area contributed by atoms with Gasteiger partial charge in [-0.1, -0.05) is 20.8 Å². The number of fused-ring (bicyclic) bond motifs is 5. The molecular weight excluding hydrogens is 573 g/mol. The number of carbonyl (C=O) groups excluding carboxylic acids is 1. The van der Waals surface area contributed by atoms with Gasteiger partial charge >= 0.3 is 5.97 Å². The molecule has 42 heavy (non-hydrogen) atoms. The van der Waals surface area contributed by atoms with Gasteiger partial charge in [-0.2, -0.15) is 0 Å². The molecule has 4 aliphatic rings. The third-order valence-electron chi connectivity index (χ3n) is 12.0. The summed E-state index contributed by atoms with van der Waals surface area (Å²) < 4.78 is 26.4. The van der Waals surface area contributed by atoms with E-state index in [0.717, 1.165) is 6.42 Å². The molecular formula is C34H66O5Si3. The summed E-state index contributed by atoms with van der Waals surface area (Å²) in [6.45, 7) is 29.0. The van der Waals surface area contributed by atoms with Crippen LogP contribution < -0.4 is 0 Å². The molecule has 0 amide bonds. The van der Waals surface area contributed by atoms with Crippen LogP contribution in [0.4, 0.5) is 0 Å². The van der Waals surface area contributed by atoms with Crippen LogP contribution in [-0.4, -0.2) is 56.3 Å². The van der Waals surface area contributed by atoms with Gasteiger partial charge in [-0.05, 0) is 157 Å². The smallest absolute Gasteiger partial charge is 0.305 e. The normalized spacial score (nSPS) is 41.5. The minimum absolute atomic E-state index is 0.0799. The maximum Gasteiger partial charge on any atom is 0.305 e. The first-order valence-corrected chi connectivity index (χ1v) is 27.5. The molecule has 0 heterocycles. The number of ether oxygens (including phenoxy) is 1. The minimum atomic E-state index is -1.79.